The molecule has 2 aromatic rings. The third kappa shape index (κ3) is 3.39. The van der Waals surface area contributed by atoms with Crippen LogP contribution in [0.25, 0.3) is 0 Å². The van der Waals surface area contributed by atoms with Crippen molar-refractivity contribution in [3.8, 4) is 11.6 Å². The van der Waals surface area contributed by atoms with Gasteiger partial charge in [-0.3, -0.25) is 10.1 Å². The second-order valence-corrected chi connectivity index (χ2v) is 3.84. The third-order valence-corrected chi connectivity index (χ3v) is 2.29. The number of nitrogens with zero attached hydrogens (tertiary/aromatic N) is 3. The minimum Gasteiger partial charge on any atom is -0.439 e. The van der Waals surface area contributed by atoms with Crippen molar-refractivity contribution in [2.45, 2.75) is 6.61 Å². The lowest BCUT2D eigenvalue weighted by molar-refractivity contribution is -0.384. The van der Waals surface area contributed by atoms with Gasteiger partial charge in [-0.2, -0.15) is 4.98 Å². The first-order chi connectivity index (χ1) is 9.58. The molecule has 0 atom stereocenters. The van der Waals surface area contributed by atoms with Crippen LogP contribution in [0.3, 0.4) is 0 Å². The number of nitrogen functional groups attached to an aromatic ring is 1. The zero-order chi connectivity index (χ0) is 14.5. The number of nitrogens with two attached hydrogens (primary N) is 1. The normalized spacial score (nSPS) is 10.2. The van der Waals surface area contributed by atoms with Gasteiger partial charge < -0.3 is 15.2 Å². The molecule has 1 aromatic carbocycles. The fourth-order valence-electron chi connectivity index (χ4n) is 1.52. The van der Waals surface area contributed by atoms with Crippen molar-refractivity contribution in [1.82, 2.24) is 9.97 Å². The summed E-state index contributed by atoms with van der Waals surface area (Å²) < 4.78 is 10.4. The summed E-state index contributed by atoms with van der Waals surface area (Å²) in [7, 11) is 1.51. The maximum atomic E-state index is 10.7. The molecular weight excluding hydrogens is 264 g/mol. The number of hydrogen-bond donors (Lipinski definition) is 1. The van der Waals surface area contributed by atoms with Gasteiger partial charge in [-0.05, 0) is 6.07 Å². The Hall–Kier alpha value is -2.74. The van der Waals surface area contributed by atoms with E-state index in [1.54, 1.807) is 6.07 Å². The molecule has 8 nitrogen and oxygen atoms in total. The minimum atomic E-state index is -0.502. The predicted molar refractivity (Wildman–Crippen MR) is 70.3 cm³/mol. The second-order valence-electron chi connectivity index (χ2n) is 3.84. The van der Waals surface area contributed by atoms with Gasteiger partial charge in [-0.15, -0.1) is 0 Å². The molecule has 0 amide bonds. The van der Waals surface area contributed by atoms with Crippen LogP contribution in [-0.4, -0.2) is 22.0 Å². The number of methoxy groups -OCH3 is 1. The summed E-state index contributed by atoms with van der Waals surface area (Å²) >= 11 is 0. The molecule has 0 bridgehead atoms. The number of nitro benzene ring substituents is 1. The fourth-order valence-corrected chi connectivity index (χ4v) is 1.52. The van der Waals surface area contributed by atoms with Gasteiger partial charge in [0.25, 0.3) is 5.69 Å². The maximum Gasteiger partial charge on any atom is 0.273 e. The summed E-state index contributed by atoms with van der Waals surface area (Å²) in [6.07, 6.45) is 0. The standard InChI is InChI=1S/C12H12N4O4/c1-19-7-11-14-10(13)6-12(15-11)20-9-4-2-3-8(5-9)16(17)18/h2-6H,7H2,1H3,(H2,13,14,15). The Kier molecular flexibility index (Phi) is 4.06. The van der Waals surface area contributed by atoms with E-state index in [2.05, 4.69) is 9.97 Å². The first-order valence-corrected chi connectivity index (χ1v) is 5.63. The van der Waals surface area contributed by atoms with Crippen LogP contribution in [0.4, 0.5) is 11.5 Å². The van der Waals surface area contributed by atoms with Gasteiger partial charge in [-0.25, -0.2) is 4.98 Å². The maximum absolute atomic E-state index is 10.7. The van der Waals surface area contributed by atoms with E-state index in [4.69, 9.17) is 15.2 Å². The Morgan fingerprint density at radius 2 is 2.15 bits per heavy atom. The van der Waals surface area contributed by atoms with Crippen molar-refractivity contribution < 1.29 is 14.4 Å². The summed E-state index contributed by atoms with van der Waals surface area (Å²) in [5.74, 6) is 1.09. The van der Waals surface area contributed by atoms with E-state index in [9.17, 15) is 10.1 Å². The highest BCUT2D eigenvalue weighted by atomic mass is 16.6. The number of aromatic nitrogens is 2. The molecule has 0 aliphatic heterocycles. The molecule has 0 aliphatic carbocycles. The molecule has 2 rings (SSSR count). The Balaban J connectivity index is 2.25. The van der Waals surface area contributed by atoms with Gasteiger partial charge in [0.05, 0.1) is 11.0 Å². The number of ether oxygens (including phenoxy) is 2. The number of anilines is 1. The molecule has 0 spiro atoms. The molecular formula is C12H12N4O4. The van der Waals surface area contributed by atoms with E-state index in [1.165, 1.54) is 31.4 Å². The van der Waals surface area contributed by atoms with Crippen molar-refractivity contribution in [2.75, 3.05) is 12.8 Å². The molecule has 0 radical (unpaired) electrons. The van der Waals surface area contributed by atoms with E-state index in [0.717, 1.165) is 0 Å². The van der Waals surface area contributed by atoms with E-state index in [0.29, 0.717) is 11.6 Å². The lowest BCUT2D eigenvalue weighted by Crippen LogP contribution is -2.02. The molecule has 0 unspecified atom stereocenters. The van der Waals surface area contributed by atoms with E-state index in [1.807, 2.05) is 0 Å². The van der Waals surface area contributed by atoms with E-state index < -0.39 is 4.92 Å². The van der Waals surface area contributed by atoms with Crippen LogP contribution in [0.2, 0.25) is 0 Å². The Morgan fingerprint density at radius 3 is 2.85 bits per heavy atom. The monoisotopic (exact) mass is 276 g/mol. The SMILES string of the molecule is COCc1nc(N)cc(Oc2cccc([N+](=O)[O-])c2)n1. The molecule has 2 N–H and O–H groups in total. The first kappa shape index (κ1) is 13.7. The number of rotatable bonds is 5. The molecule has 0 aliphatic rings. The van der Waals surface area contributed by atoms with Crippen LogP contribution in [0.1, 0.15) is 5.82 Å². The fraction of sp³-hybridized carbons (Fsp3) is 0.167. The summed E-state index contributed by atoms with van der Waals surface area (Å²) in [4.78, 5) is 18.2. The summed E-state index contributed by atoms with van der Waals surface area (Å²) in [6, 6.07) is 7.21. The molecule has 0 fully saturated rings. The summed E-state index contributed by atoms with van der Waals surface area (Å²) in [5, 5.41) is 10.7. The average molecular weight is 276 g/mol. The van der Waals surface area contributed by atoms with Gasteiger partial charge in [0, 0.05) is 19.2 Å². The van der Waals surface area contributed by atoms with Crippen LogP contribution < -0.4 is 10.5 Å². The van der Waals surface area contributed by atoms with Crippen LogP contribution in [0.5, 0.6) is 11.6 Å². The Labute approximate surface area is 114 Å². The Morgan fingerprint density at radius 1 is 1.35 bits per heavy atom. The highest BCUT2D eigenvalue weighted by molar-refractivity contribution is 5.41. The lowest BCUT2D eigenvalue weighted by atomic mass is 10.3. The van der Waals surface area contributed by atoms with E-state index in [-0.39, 0.29) is 24.0 Å². The number of benzene rings is 1. The predicted octanol–water partition coefficient (Wildman–Crippen LogP) is 1.91. The topological polar surface area (TPSA) is 113 Å². The smallest absolute Gasteiger partial charge is 0.273 e. The molecule has 1 heterocycles. The van der Waals surface area contributed by atoms with Crippen molar-refractivity contribution in [3.63, 3.8) is 0 Å². The summed E-state index contributed by atoms with van der Waals surface area (Å²) in [5.41, 5.74) is 5.56. The van der Waals surface area contributed by atoms with Crippen LogP contribution in [0.15, 0.2) is 30.3 Å². The van der Waals surface area contributed by atoms with Crippen LogP contribution >= 0.6 is 0 Å². The lowest BCUT2D eigenvalue weighted by Gasteiger charge is -2.07. The molecule has 0 saturated heterocycles. The van der Waals surface area contributed by atoms with Crippen LogP contribution in [-0.2, 0) is 11.3 Å². The molecule has 104 valence electrons. The van der Waals surface area contributed by atoms with Crippen molar-refractivity contribution in [3.05, 3.63) is 46.3 Å². The van der Waals surface area contributed by atoms with Gasteiger partial charge in [-0.1, -0.05) is 6.07 Å². The Bertz CT molecular complexity index is 633. The first-order valence-electron chi connectivity index (χ1n) is 5.63. The number of hydrogen-bond acceptors (Lipinski definition) is 7. The van der Waals surface area contributed by atoms with Gasteiger partial charge >= 0.3 is 0 Å². The highest BCUT2D eigenvalue weighted by Crippen LogP contribution is 2.24. The van der Waals surface area contributed by atoms with E-state index >= 15 is 0 Å². The molecule has 1 aromatic heterocycles. The van der Waals surface area contributed by atoms with Crippen molar-refractivity contribution >= 4 is 11.5 Å². The average Bonchev–Trinajstić information content (AvgIpc) is 2.38. The second kappa shape index (κ2) is 5.93. The number of nitro groups is 1. The minimum absolute atomic E-state index is 0.0679. The van der Waals surface area contributed by atoms with Gasteiger partial charge in [0.2, 0.25) is 5.88 Å². The molecule has 20 heavy (non-hydrogen) atoms. The molecule has 8 heteroatoms. The quantitative estimate of drug-likeness (QED) is 0.655. The van der Waals surface area contributed by atoms with Crippen molar-refractivity contribution in [1.29, 1.82) is 0 Å². The highest BCUT2D eigenvalue weighted by Gasteiger charge is 2.09. The third-order valence-electron chi connectivity index (χ3n) is 2.29. The van der Waals surface area contributed by atoms with Gasteiger partial charge in [0.15, 0.2) is 5.82 Å². The zero-order valence-corrected chi connectivity index (χ0v) is 10.6. The summed E-state index contributed by atoms with van der Waals surface area (Å²) in [6.45, 7) is 0.191. The van der Waals surface area contributed by atoms with Crippen molar-refractivity contribution in [2.24, 2.45) is 0 Å². The van der Waals surface area contributed by atoms with Crippen LogP contribution in [0, 0.1) is 10.1 Å². The zero-order valence-electron chi connectivity index (χ0n) is 10.6. The molecule has 0 saturated carbocycles. The largest absolute Gasteiger partial charge is 0.439 e. The van der Waals surface area contributed by atoms with Gasteiger partial charge in [0.1, 0.15) is 18.2 Å². The number of non-ortho nitro benzene ring substituents is 1.